The normalized spacial score (nSPS) is 16.0. The summed E-state index contributed by atoms with van der Waals surface area (Å²) in [7, 11) is 1.86. The monoisotopic (exact) mass is 288 g/mol. The van der Waals surface area contributed by atoms with Gasteiger partial charge in [-0.3, -0.25) is 4.79 Å². The zero-order valence-corrected chi connectivity index (χ0v) is 12.1. The number of nitrogens with one attached hydrogen (secondary N) is 2. The number of hydrogen-bond acceptors (Lipinski definition) is 4. The highest BCUT2D eigenvalue weighted by atomic mass is 16.1. The summed E-state index contributed by atoms with van der Waals surface area (Å²) in [6.45, 7) is 2.39. The van der Waals surface area contributed by atoms with Gasteiger partial charge in [-0.25, -0.2) is 0 Å². The van der Waals surface area contributed by atoms with Gasteiger partial charge >= 0.3 is 0 Å². The number of carbonyl (C=O) groups excluding carboxylic acids is 1. The molecule has 1 saturated heterocycles. The summed E-state index contributed by atoms with van der Waals surface area (Å²) in [4.78, 5) is 12.4. The quantitative estimate of drug-likeness (QED) is 0.857. The average Bonchev–Trinajstić information content (AvgIpc) is 3.15. The fourth-order valence-corrected chi connectivity index (χ4v) is 2.71. The Labute approximate surface area is 123 Å². The van der Waals surface area contributed by atoms with Crippen molar-refractivity contribution in [1.82, 2.24) is 30.0 Å². The third-order valence-corrected chi connectivity index (χ3v) is 3.93. The number of hydrogen-bond donors (Lipinski definition) is 2. The molecule has 0 aliphatic carbocycles. The number of piperidine rings is 1. The zero-order valence-electron chi connectivity index (χ0n) is 12.1. The molecule has 1 fully saturated rings. The molecule has 3 heterocycles. The smallest absolute Gasteiger partial charge is 0.268 e. The molecule has 2 aromatic rings. The van der Waals surface area contributed by atoms with Crippen molar-refractivity contribution in [2.75, 3.05) is 13.1 Å². The lowest BCUT2D eigenvalue weighted by molar-refractivity contribution is 0.0936. The Morgan fingerprint density at radius 3 is 3.00 bits per heavy atom. The molecule has 1 amide bonds. The fraction of sp³-hybridized carbons (Fsp3) is 0.500. The molecule has 0 atom stereocenters. The van der Waals surface area contributed by atoms with Crippen LogP contribution in [0.1, 0.15) is 35.2 Å². The molecule has 0 unspecified atom stereocenters. The summed E-state index contributed by atoms with van der Waals surface area (Å²) in [5.41, 5.74) is 0.712. The minimum Gasteiger partial charge on any atom is -0.343 e. The van der Waals surface area contributed by atoms with E-state index in [9.17, 15) is 4.79 Å². The highest BCUT2D eigenvalue weighted by Gasteiger charge is 2.19. The van der Waals surface area contributed by atoms with Gasteiger partial charge in [0, 0.05) is 19.3 Å². The Hall–Kier alpha value is -2.15. The van der Waals surface area contributed by atoms with Gasteiger partial charge in [0.05, 0.1) is 6.54 Å². The van der Waals surface area contributed by atoms with Gasteiger partial charge in [-0.05, 0) is 38.1 Å². The minimum absolute atomic E-state index is 0.0680. The highest BCUT2D eigenvalue weighted by Crippen LogP contribution is 2.21. The second-order valence-electron chi connectivity index (χ2n) is 5.32. The second-order valence-corrected chi connectivity index (χ2v) is 5.32. The van der Waals surface area contributed by atoms with E-state index < -0.39 is 0 Å². The molecule has 7 nitrogen and oxygen atoms in total. The standard InChI is InChI=1S/C14H20N6O/c1-19-10-17-18-13(19)9-16-14(21)12-3-2-8-20(12)11-4-6-15-7-5-11/h2-3,8,10-11,15H,4-7,9H2,1H3,(H,16,21). The first-order chi connectivity index (χ1) is 10.3. The van der Waals surface area contributed by atoms with Crippen LogP contribution in [0.3, 0.4) is 0 Å². The van der Waals surface area contributed by atoms with Crippen molar-refractivity contribution >= 4 is 5.91 Å². The molecule has 2 N–H and O–H groups in total. The highest BCUT2D eigenvalue weighted by molar-refractivity contribution is 5.92. The van der Waals surface area contributed by atoms with Crippen LogP contribution in [-0.2, 0) is 13.6 Å². The molecule has 0 aromatic carbocycles. The van der Waals surface area contributed by atoms with E-state index in [1.54, 1.807) is 10.9 Å². The van der Waals surface area contributed by atoms with E-state index in [0.29, 0.717) is 18.3 Å². The van der Waals surface area contributed by atoms with Crippen molar-refractivity contribution in [3.63, 3.8) is 0 Å². The van der Waals surface area contributed by atoms with Crippen LogP contribution < -0.4 is 10.6 Å². The second kappa shape index (κ2) is 6.09. The van der Waals surface area contributed by atoms with Crippen molar-refractivity contribution in [2.45, 2.75) is 25.4 Å². The van der Waals surface area contributed by atoms with Gasteiger partial charge in [-0.2, -0.15) is 0 Å². The third-order valence-electron chi connectivity index (χ3n) is 3.93. The molecular weight excluding hydrogens is 268 g/mol. The Balaban J connectivity index is 1.67. The van der Waals surface area contributed by atoms with Gasteiger partial charge in [0.1, 0.15) is 12.0 Å². The largest absolute Gasteiger partial charge is 0.343 e. The van der Waals surface area contributed by atoms with Crippen molar-refractivity contribution in [3.05, 3.63) is 36.2 Å². The molecule has 0 saturated carbocycles. The molecule has 2 aromatic heterocycles. The van der Waals surface area contributed by atoms with E-state index >= 15 is 0 Å². The lowest BCUT2D eigenvalue weighted by Crippen LogP contribution is -2.32. The van der Waals surface area contributed by atoms with E-state index in [-0.39, 0.29) is 5.91 Å². The predicted molar refractivity (Wildman–Crippen MR) is 77.7 cm³/mol. The molecule has 0 spiro atoms. The summed E-state index contributed by atoms with van der Waals surface area (Å²) in [5, 5.41) is 14.0. The van der Waals surface area contributed by atoms with Gasteiger partial charge < -0.3 is 19.8 Å². The number of aryl methyl sites for hydroxylation is 1. The summed E-state index contributed by atoms with van der Waals surface area (Å²) in [6, 6.07) is 4.20. The van der Waals surface area contributed by atoms with Gasteiger partial charge in [0.15, 0.2) is 5.82 Å². The Morgan fingerprint density at radius 2 is 2.29 bits per heavy atom. The Kier molecular flexibility index (Phi) is 4.01. The van der Waals surface area contributed by atoms with Crippen LogP contribution in [0.5, 0.6) is 0 Å². The first-order valence-corrected chi connectivity index (χ1v) is 7.24. The van der Waals surface area contributed by atoms with Gasteiger partial charge in [-0.1, -0.05) is 0 Å². The molecule has 7 heteroatoms. The van der Waals surface area contributed by atoms with Crippen molar-refractivity contribution < 1.29 is 4.79 Å². The van der Waals surface area contributed by atoms with Crippen LogP contribution in [-0.4, -0.2) is 38.3 Å². The maximum Gasteiger partial charge on any atom is 0.268 e. The first-order valence-electron chi connectivity index (χ1n) is 7.24. The number of rotatable bonds is 4. The Morgan fingerprint density at radius 1 is 1.48 bits per heavy atom. The van der Waals surface area contributed by atoms with E-state index in [2.05, 4.69) is 25.4 Å². The van der Waals surface area contributed by atoms with Crippen molar-refractivity contribution in [2.24, 2.45) is 7.05 Å². The van der Waals surface area contributed by atoms with Crippen molar-refractivity contribution in [3.8, 4) is 0 Å². The maximum absolute atomic E-state index is 12.4. The van der Waals surface area contributed by atoms with E-state index in [1.165, 1.54) is 0 Å². The molecule has 1 aliphatic rings. The van der Waals surface area contributed by atoms with Crippen LogP contribution in [0.15, 0.2) is 24.7 Å². The summed E-state index contributed by atoms with van der Waals surface area (Å²) >= 11 is 0. The number of carbonyl (C=O) groups is 1. The SMILES string of the molecule is Cn1cnnc1CNC(=O)c1cccn1C1CCNCC1. The summed E-state index contributed by atoms with van der Waals surface area (Å²) in [5.74, 6) is 0.671. The predicted octanol–water partition coefficient (Wildman–Crippen LogP) is 0.471. The van der Waals surface area contributed by atoms with Crippen molar-refractivity contribution in [1.29, 1.82) is 0 Å². The van der Waals surface area contributed by atoms with Gasteiger partial charge in [0.25, 0.3) is 5.91 Å². The lowest BCUT2D eigenvalue weighted by Gasteiger charge is -2.25. The number of amides is 1. The minimum atomic E-state index is -0.0680. The first kappa shape index (κ1) is 13.8. The van der Waals surface area contributed by atoms with E-state index in [0.717, 1.165) is 31.8 Å². The molecule has 1 aliphatic heterocycles. The maximum atomic E-state index is 12.4. The number of aromatic nitrogens is 4. The van der Waals surface area contributed by atoms with Crippen LogP contribution >= 0.6 is 0 Å². The summed E-state index contributed by atoms with van der Waals surface area (Å²) in [6.07, 6.45) is 5.73. The summed E-state index contributed by atoms with van der Waals surface area (Å²) < 4.78 is 3.89. The molecule has 21 heavy (non-hydrogen) atoms. The van der Waals surface area contributed by atoms with Crippen LogP contribution in [0.4, 0.5) is 0 Å². The fourth-order valence-electron chi connectivity index (χ4n) is 2.71. The molecule has 0 bridgehead atoms. The van der Waals surface area contributed by atoms with Gasteiger partial charge in [-0.15, -0.1) is 10.2 Å². The van der Waals surface area contributed by atoms with Crippen LogP contribution in [0, 0.1) is 0 Å². The molecular formula is C14H20N6O. The topological polar surface area (TPSA) is 76.8 Å². The molecule has 0 radical (unpaired) electrons. The zero-order chi connectivity index (χ0) is 14.7. The van der Waals surface area contributed by atoms with Crippen LogP contribution in [0.2, 0.25) is 0 Å². The molecule has 112 valence electrons. The Bertz CT molecular complexity index is 611. The van der Waals surface area contributed by atoms with E-state index in [4.69, 9.17) is 0 Å². The van der Waals surface area contributed by atoms with Gasteiger partial charge in [0.2, 0.25) is 0 Å². The average molecular weight is 288 g/mol. The van der Waals surface area contributed by atoms with E-state index in [1.807, 2.05) is 25.4 Å². The van der Waals surface area contributed by atoms with Crippen LogP contribution in [0.25, 0.3) is 0 Å². The lowest BCUT2D eigenvalue weighted by atomic mass is 10.1. The molecule has 3 rings (SSSR count). The third kappa shape index (κ3) is 2.97. The number of nitrogens with zero attached hydrogens (tertiary/aromatic N) is 4.